The Hall–Kier alpha value is -3.61. The number of amides is 2. The van der Waals surface area contributed by atoms with Gasteiger partial charge in [0, 0.05) is 29.0 Å². The summed E-state index contributed by atoms with van der Waals surface area (Å²) in [6, 6.07) is 5.55. The fraction of sp³-hybridized carbons (Fsp3) is 0.333. The van der Waals surface area contributed by atoms with E-state index in [2.05, 4.69) is 10.3 Å². The van der Waals surface area contributed by atoms with E-state index in [-0.39, 0.29) is 23.3 Å². The summed E-state index contributed by atoms with van der Waals surface area (Å²) in [7, 11) is 0. The summed E-state index contributed by atoms with van der Waals surface area (Å²) in [6.45, 7) is 3.16. The Balaban J connectivity index is 1.64. The Bertz CT molecular complexity index is 1360. The lowest BCUT2D eigenvalue weighted by Crippen LogP contribution is -2.43. The maximum atomic E-state index is 14.3. The summed E-state index contributed by atoms with van der Waals surface area (Å²) in [5.41, 5.74) is -4.58. The van der Waals surface area contributed by atoms with Crippen molar-refractivity contribution in [2.75, 3.05) is 0 Å². The quantitative estimate of drug-likeness (QED) is 0.333. The second-order valence-electron chi connectivity index (χ2n) is 8.80. The molecule has 0 spiro atoms. The third-order valence-electron chi connectivity index (χ3n) is 6.13. The van der Waals surface area contributed by atoms with Gasteiger partial charge in [-0.2, -0.15) is 26.3 Å². The normalized spacial score (nSPS) is 21.3. The fourth-order valence-electron chi connectivity index (χ4n) is 4.14. The van der Waals surface area contributed by atoms with Crippen LogP contribution in [-0.2, 0) is 26.2 Å². The van der Waals surface area contributed by atoms with Crippen LogP contribution in [0.2, 0.25) is 5.02 Å². The second kappa shape index (κ2) is 9.61. The summed E-state index contributed by atoms with van der Waals surface area (Å²) in [4.78, 5) is 35.2. The zero-order valence-electron chi connectivity index (χ0n) is 19.7. The molecule has 14 heteroatoms. The Morgan fingerprint density at radius 2 is 1.82 bits per heavy atom. The van der Waals surface area contributed by atoms with Crippen LogP contribution < -0.4 is 0 Å². The molecule has 2 heterocycles. The molecule has 7 nitrogen and oxygen atoms in total. The van der Waals surface area contributed by atoms with E-state index in [1.807, 2.05) is 0 Å². The van der Waals surface area contributed by atoms with Gasteiger partial charge in [0.1, 0.15) is 0 Å². The SMILES string of the molecule is CC1=NOC(N(C=O)C(=O)c2ccc(C3=NO[C@@](c4cc(Cl)cc(C(F)(F)F)c4)(C(F)(F)F)C3)cc2C)C1. The summed E-state index contributed by atoms with van der Waals surface area (Å²) < 4.78 is 82.6. The lowest BCUT2D eigenvalue weighted by Gasteiger charge is -2.30. The topological polar surface area (TPSA) is 80.6 Å². The van der Waals surface area contributed by atoms with Crippen molar-refractivity contribution in [1.29, 1.82) is 0 Å². The summed E-state index contributed by atoms with van der Waals surface area (Å²) in [5, 5.41) is 6.70. The van der Waals surface area contributed by atoms with Gasteiger partial charge < -0.3 is 9.68 Å². The number of carbonyl (C=O) groups excluding carboxylic acids is 2. The minimum Gasteiger partial charge on any atom is -0.374 e. The molecular weight excluding hydrogens is 544 g/mol. The number of hydrogen-bond donors (Lipinski definition) is 0. The van der Waals surface area contributed by atoms with Crippen molar-refractivity contribution in [3.05, 3.63) is 69.2 Å². The van der Waals surface area contributed by atoms with E-state index in [0.717, 1.165) is 11.0 Å². The predicted molar refractivity (Wildman–Crippen MR) is 122 cm³/mol. The molecule has 0 radical (unpaired) electrons. The van der Waals surface area contributed by atoms with E-state index < -0.39 is 52.7 Å². The lowest BCUT2D eigenvalue weighted by molar-refractivity contribution is -0.276. The van der Waals surface area contributed by atoms with E-state index in [0.29, 0.717) is 29.8 Å². The summed E-state index contributed by atoms with van der Waals surface area (Å²) >= 11 is 5.72. The summed E-state index contributed by atoms with van der Waals surface area (Å²) in [5.74, 6) is -0.716. The number of alkyl halides is 6. The second-order valence-corrected chi connectivity index (χ2v) is 9.23. The minimum atomic E-state index is -5.16. The van der Waals surface area contributed by atoms with E-state index in [9.17, 15) is 35.9 Å². The highest BCUT2D eigenvalue weighted by molar-refractivity contribution is 6.30. The van der Waals surface area contributed by atoms with Crippen LogP contribution in [0.5, 0.6) is 0 Å². The zero-order chi connectivity index (χ0) is 28.0. The van der Waals surface area contributed by atoms with Crippen molar-refractivity contribution in [1.82, 2.24) is 4.90 Å². The van der Waals surface area contributed by atoms with Gasteiger partial charge in [0.15, 0.2) is 0 Å². The lowest BCUT2D eigenvalue weighted by atomic mass is 9.85. The highest BCUT2D eigenvalue weighted by atomic mass is 35.5. The van der Waals surface area contributed by atoms with Crippen LogP contribution in [0, 0.1) is 6.92 Å². The smallest absolute Gasteiger partial charge is 0.374 e. The third kappa shape index (κ3) is 4.94. The molecule has 0 bridgehead atoms. The number of imide groups is 1. The van der Waals surface area contributed by atoms with Gasteiger partial charge in [-0.15, -0.1) is 0 Å². The number of nitrogens with zero attached hydrogens (tertiary/aromatic N) is 3. The first-order chi connectivity index (χ1) is 17.7. The molecule has 0 aromatic heterocycles. The number of hydrogen-bond acceptors (Lipinski definition) is 6. The van der Waals surface area contributed by atoms with Gasteiger partial charge in [0.25, 0.3) is 11.5 Å². The molecule has 2 aromatic rings. The molecule has 2 aliphatic rings. The zero-order valence-corrected chi connectivity index (χ0v) is 20.4. The Kier molecular flexibility index (Phi) is 6.93. The average Bonchev–Trinajstić information content (AvgIpc) is 3.46. The standard InChI is InChI=1S/C24H18ClF6N3O4/c1-12-5-14(3-4-18(12)21(36)34(11-35)20-6-13(2)32-37-20)19-10-22(38-33-19,24(29,30)31)15-7-16(23(26,27)28)9-17(25)8-15/h3-5,7-9,11,20H,6,10H2,1-2H3/t20?,22-/m0/s1. The van der Waals surface area contributed by atoms with Crippen molar-refractivity contribution in [3.8, 4) is 0 Å². The van der Waals surface area contributed by atoms with Gasteiger partial charge in [0.05, 0.1) is 17.0 Å². The van der Waals surface area contributed by atoms with Gasteiger partial charge >= 0.3 is 12.4 Å². The number of aryl methyl sites for hydroxylation is 1. The molecule has 2 atom stereocenters. The Labute approximate surface area is 216 Å². The van der Waals surface area contributed by atoms with Crippen LogP contribution in [0.1, 0.15) is 52.4 Å². The van der Waals surface area contributed by atoms with E-state index in [4.69, 9.17) is 21.3 Å². The molecule has 0 saturated carbocycles. The van der Waals surface area contributed by atoms with Crippen molar-refractivity contribution < 1.29 is 45.6 Å². The molecule has 0 N–H and O–H groups in total. The van der Waals surface area contributed by atoms with Gasteiger partial charge in [0.2, 0.25) is 12.6 Å². The van der Waals surface area contributed by atoms with Crippen LogP contribution in [-0.4, -0.2) is 41.0 Å². The van der Waals surface area contributed by atoms with Gasteiger partial charge in [-0.1, -0.05) is 28.0 Å². The largest absolute Gasteiger partial charge is 0.435 e. The molecule has 0 aliphatic carbocycles. The maximum Gasteiger partial charge on any atom is 0.435 e. The first-order valence-corrected chi connectivity index (χ1v) is 11.3. The first kappa shape index (κ1) is 27.4. The molecule has 1 unspecified atom stereocenters. The molecule has 38 heavy (non-hydrogen) atoms. The van der Waals surface area contributed by atoms with E-state index >= 15 is 0 Å². The van der Waals surface area contributed by atoms with Crippen molar-refractivity contribution in [2.45, 2.75) is 50.9 Å². The molecule has 2 aliphatic heterocycles. The van der Waals surface area contributed by atoms with Gasteiger partial charge in [-0.3, -0.25) is 9.59 Å². The Morgan fingerprint density at radius 3 is 2.37 bits per heavy atom. The van der Waals surface area contributed by atoms with Gasteiger partial charge in [-0.25, -0.2) is 4.90 Å². The molecule has 0 fully saturated rings. The minimum absolute atomic E-state index is 0.0697. The van der Waals surface area contributed by atoms with Gasteiger partial charge in [-0.05, 0) is 55.3 Å². The monoisotopic (exact) mass is 561 g/mol. The number of rotatable bonds is 5. The van der Waals surface area contributed by atoms with Crippen LogP contribution in [0.3, 0.4) is 0 Å². The molecule has 202 valence electrons. The third-order valence-corrected chi connectivity index (χ3v) is 6.34. The van der Waals surface area contributed by atoms with Crippen molar-refractivity contribution >= 4 is 35.3 Å². The molecular formula is C24H18ClF6N3O4. The maximum absolute atomic E-state index is 14.3. The predicted octanol–water partition coefficient (Wildman–Crippen LogP) is 5.97. The highest BCUT2D eigenvalue weighted by Crippen LogP contribution is 2.50. The number of carbonyl (C=O) groups is 2. The van der Waals surface area contributed by atoms with Crippen molar-refractivity contribution in [3.63, 3.8) is 0 Å². The van der Waals surface area contributed by atoms with Crippen molar-refractivity contribution in [2.24, 2.45) is 10.3 Å². The summed E-state index contributed by atoms with van der Waals surface area (Å²) in [6.07, 6.45) is -11.5. The van der Waals surface area contributed by atoms with E-state index in [1.165, 1.54) is 25.1 Å². The molecule has 2 aromatic carbocycles. The average molecular weight is 562 g/mol. The first-order valence-electron chi connectivity index (χ1n) is 10.9. The Morgan fingerprint density at radius 1 is 1.11 bits per heavy atom. The van der Waals surface area contributed by atoms with Crippen LogP contribution in [0.25, 0.3) is 0 Å². The molecule has 2 amide bonds. The van der Waals surface area contributed by atoms with Crippen LogP contribution >= 0.6 is 11.6 Å². The molecule has 4 rings (SSSR count). The highest BCUT2D eigenvalue weighted by Gasteiger charge is 2.62. The fourth-order valence-corrected chi connectivity index (χ4v) is 4.38. The van der Waals surface area contributed by atoms with Crippen LogP contribution in [0.4, 0.5) is 26.3 Å². The number of halogens is 7. The van der Waals surface area contributed by atoms with E-state index in [1.54, 1.807) is 6.92 Å². The van der Waals surface area contributed by atoms with Crippen LogP contribution in [0.15, 0.2) is 46.7 Å². The molecule has 0 saturated heterocycles. The number of oxime groups is 2. The number of benzene rings is 2.